The van der Waals surface area contributed by atoms with Crippen LogP contribution >= 0.6 is 11.3 Å². The lowest BCUT2D eigenvalue weighted by molar-refractivity contribution is -0.144. The monoisotopic (exact) mass is 806 g/mol. The lowest BCUT2D eigenvalue weighted by atomic mass is 9.85. The van der Waals surface area contributed by atoms with E-state index in [9.17, 15) is 29.1 Å². The molecule has 310 valence electrons. The highest BCUT2D eigenvalue weighted by molar-refractivity contribution is 7.13. The van der Waals surface area contributed by atoms with Gasteiger partial charge < -0.3 is 41.2 Å². The first-order valence-corrected chi connectivity index (χ1v) is 20.2. The Balaban J connectivity index is 1.35. The van der Waals surface area contributed by atoms with Gasteiger partial charge in [0.2, 0.25) is 23.6 Å². The molecular weight excluding hydrogens is 749 g/mol. The highest BCUT2D eigenvalue weighted by Crippen LogP contribution is 2.30. The number of primary amides is 1. The summed E-state index contributed by atoms with van der Waals surface area (Å²) in [4.78, 5) is 71.7. The Morgan fingerprint density at radius 3 is 2.32 bits per heavy atom. The van der Waals surface area contributed by atoms with Crippen LogP contribution in [0.25, 0.3) is 10.4 Å². The number of aryl methyl sites for hydroxylation is 2. The molecule has 2 heterocycles. The van der Waals surface area contributed by atoms with Crippen LogP contribution in [0, 0.1) is 12.3 Å². The third kappa shape index (κ3) is 13.6. The largest absolute Gasteiger partial charge is 0.491 e. The van der Waals surface area contributed by atoms with Crippen LogP contribution in [0.4, 0.5) is 4.79 Å². The average molecular weight is 807 g/mol. The van der Waals surface area contributed by atoms with Crippen molar-refractivity contribution in [2.45, 2.75) is 123 Å². The summed E-state index contributed by atoms with van der Waals surface area (Å²) in [7, 11) is 0. The number of rotatable bonds is 16. The first kappa shape index (κ1) is 44.7. The molecule has 0 saturated carbocycles. The number of β-amino-alcohol motifs (C(OH)–C–C–N with tert-alkyl or cyclic N) is 1. The second-order valence-corrected chi connectivity index (χ2v) is 17.5. The van der Waals surface area contributed by atoms with Crippen LogP contribution in [0.1, 0.15) is 97.0 Å². The molecule has 0 bridgehead atoms. The number of nitrogens with one attached hydrogen (secondary N) is 3. The van der Waals surface area contributed by atoms with E-state index in [2.05, 4.69) is 20.9 Å². The van der Waals surface area contributed by atoms with E-state index in [1.807, 2.05) is 70.5 Å². The van der Waals surface area contributed by atoms with Gasteiger partial charge in [0, 0.05) is 25.8 Å². The van der Waals surface area contributed by atoms with E-state index in [1.54, 1.807) is 50.3 Å². The Morgan fingerprint density at radius 2 is 1.70 bits per heavy atom. The van der Waals surface area contributed by atoms with Gasteiger partial charge in [0.25, 0.3) is 0 Å². The molecule has 1 aromatic heterocycles. The molecule has 1 fully saturated rings. The number of carbonyl (C=O) groups excluding carboxylic acids is 5. The van der Waals surface area contributed by atoms with Crippen LogP contribution in [0.5, 0.6) is 5.75 Å². The molecule has 1 saturated heterocycles. The summed E-state index contributed by atoms with van der Waals surface area (Å²) in [6.07, 6.45) is -0.735. The smallest absolute Gasteiger partial charge is 0.407 e. The molecule has 0 aliphatic carbocycles. The minimum absolute atomic E-state index is 0.0277. The minimum atomic E-state index is -0.963. The van der Waals surface area contributed by atoms with E-state index in [-0.39, 0.29) is 56.7 Å². The van der Waals surface area contributed by atoms with Gasteiger partial charge in [-0.2, -0.15) is 0 Å². The summed E-state index contributed by atoms with van der Waals surface area (Å²) < 4.78 is 11.3. The van der Waals surface area contributed by atoms with Gasteiger partial charge in [-0.1, -0.05) is 57.2 Å². The number of benzene rings is 2. The standard InChI is InChI=1S/C42H58N6O8S/c1-25(28-13-15-29(16-14-28)36-26(2)44-24-57-36)45-38(52)33-21-31(49)22-48(33)39(53)37(41(3,4)5)47-35(51)19-12-27-10-9-11-32(20-27)55-23-30(17-18-34(43)50)46-40(54)56-42(6,7)8/h9-11,13-16,20,24-25,30-31,33,37,49H,12,17-19,21-23H2,1-8H3,(H2,43,50)(H,45,52)(H,46,54)(H,47,51)/t25-,30-,31+,33-,37+/m0/s1. The number of amides is 5. The van der Waals surface area contributed by atoms with Gasteiger partial charge >= 0.3 is 6.09 Å². The van der Waals surface area contributed by atoms with Crippen LogP contribution in [-0.4, -0.2) is 87.7 Å². The molecule has 14 nitrogen and oxygen atoms in total. The van der Waals surface area contributed by atoms with Crippen LogP contribution in [0.3, 0.4) is 0 Å². The SMILES string of the molecule is Cc1ncsc1-c1ccc([C@H](C)NC(=O)[C@@H]2C[C@@H](O)CN2C(=O)[C@@H](NC(=O)CCc2cccc(OC[C@H](CCC(N)=O)NC(=O)OC(C)(C)C)c2)C(C)(C)C)cc1. The van der Waals surface area contributed by atoms with Gasteiger partial charge in [-0.3, -0.25) is 19.2 Å². The first-order valence-electron chi connectivity index (χ1n) is 19.3. The highest BCUT2D eigenvalue weighted by Gasteiger charge is 2.44. The predicted octanol–water partition coefficient (Wildman–Crippen LogP) is 4.96. The third-order valence-corrected chi connectivity index (χ3v) is 10.5. The van der Waals surface area contributed by atoms with Crippen molar-refractivity contribution in [2.75, 3.05) is 13.2 Å². The molecule has 6 N–H and O–H groups in total. The quantitative estimate of drug-likeness (QED) is 0.133. The van der Waals surface area contributed by atoms with E-state index in [0.717, 1.165) is 27.3 Å². The van der Waals surface area contributed by atoms with Gasteiger partial charge in [0.1, 0.15) is 30.0 Å². The summed E-state index contributed by atoms with van der Waals surface area (Å²) in [5.41, 5.74) is 9.42. The zero-order chi connectivity index (χ0) is 42.1. The Hall–Kier alpha value is -5.02. The van der Waals surface area contributed by atoms with Crippen molar-refractivity contribution < 1.29 is 38.6 Å². The van der Waals surface area contributed by atoms with E-state index < -0.39 is 53.2 Å². The molecule has 0 radical (unpaired) electrons. The summed E-state index contributed by atoms with van der Waals surface area (Å²) in [6, 6.07) is 12.3. The van der Waals surface area contributed by atoms with Crippen molar-refractivity contribution in [3.8, 4) is 16.2 Å². The minimum Gasteiger partial charge on any atom is -0.491 e. The zero-order valence-electron chi connectivity index (χ0n) is 34.2. The third-order valence-electron chi connectivity index (χ3n) is 9.51. The number of thiazole rings is 1. The number of aliphatic hydroxyl groups is 1. The summed E-state index contributed by atoms with van der Waals surface area (Å²) in [5, 5.41) is 19.3. The van der Waals surface area contributed by atoms with Gasteiger partial charge in [0.05, 0.1) is 34.3 Å². The summed E-state index contributed by atoms with van der Waals surface area (Å²) in [6.45, 7) is 14.6. The maximum absolute atomic E-state index is 14.1. The van der Waals surface area contributed by atoms with E-state index in [4.69, 9.17) is 15.2 Å². The summed E-state index contributed by atoms with van der Waals surface area (Å²) in [5.74, 6) is -1.17. The molecular formula is C42H58N6O8S. The molecule has 15 heteroatoms. The van der Waals surface area contributed by atoms with Crippen molar-refractivity contribution >= 4 is 41.1 Å². The Bertz CT molecular complexity index is 1870. The number of hydrogen-bond acceptors (Lipinski definition) is 10. The first-order chi connectivity index (χ1) is 26.7. The zero-order valence-corrected chi connectivity index (χ0v) is 35.0. The molecule has 3 aromatic rings. The lowest BCUT2D eigenvalue weighted by Gasteiger charge is -2.35. The maximum atomic E-state index is 14.1. The fourth-order valence-electron chi connectivity index (χ4n) is 6.48. The second-order valence-electron chi connectivity index (χ2n) is 16.7. The van der Waals surface area contributed by atoms with Crippen molar-refractivity contribution in [3.05, 3.63) is 70.9 Å². The predicted molar refractivity (Wildman–Crippen MR) is 218 cm³/mol. The number of carbonyl (C=O) groups is 5. The topological polar surface area (TPSA) is 202 Å². The summed E-state index contributed by atoms with van der Waals surface area (Å²) >= 11 is 1.57. The van der Waals surface area contributed by atoms with Crippen molar-refractivity contribution in [1.29, 1.82) is 0 Å². The lowest BCUT2D eigenvalue weighted by Crippen LogP contribution is -2.57. The van der Waals surface area contributed by atoms with Crippen molar-refractivity contribution in [3.63, 3.8) is 0 Å². The van der Waals surface area contributed by atoms with Crippen LogP contribution in [-0.2, 0) is 30.3 Å². The van der Waals surface area contributed by atoms with Crippen LogP contribution in [0.15, 0.2) is 54.0 Å². The van der Waals surface area contributed by atoms with Crippen LogP contribution < -0.4 is 26.4 Å². The Labute approximate surface area is 339 Å². The number of ether oxygens (including phenoxy) is 2. The molecule has 1 aliphatic rings. The van der Waals surface area contributed by atoms with Crippen molar-refractivity contribution in [2.24, 2.45) is 11.1 Å². The number of hydrogen-bond donors (Lipinski definition) is 5. The molecule has 4 rings (SSSR count). The average Bonchev–Trinajstić information content (AvgIpc) is 3.74. The van der Waals surface area contributed by atoms with Gasteiger partial charge in [0.15, 0.2) is 0 Å². The number of nitrogens with zero attached hydrogens (tertiary/aromatic N) is 2. The van der Waals surface area contributed by atoms with E-state index in [0.29, 0.717) is 12.2 Å². The molecule has 57 heavy (non-hydrogen) atoms. The number of aromatic nitrogens is 1. The fraction of sp³-hybridized carbons (Fsp3) is 0.524. The molecule has 2 aromatic carbocycles. The normalized spacial score (nSPS) is 17.2. The van der Waals surface area contributed by atoms with E-state index >= 15 is 0 Å². The molecule has 0 unspecified atom stereocenters. The van der Waals surface area contributed by atoms with Gasteiger partial charge in [-0.05, 0) is 81.7 Å². The second kappa shape index (κ2) is 19.4. The van der Waals surface area contributed by atoms with Gasteiger partial charge in [-0.15, -0.1) is 11.3 Å². The van der Waals surface area contributed by atoms with Crippen molar-refractivity contribution in [1.82, 2.24) is 25.8 Å². The van der Waals surface area contributed by atoms with E-state index in [1.165, 1.54) is 4.90 Å². The number of aliphatic hydroxyl groups excluding tert-OH is 1. The highest BCUT2D eigenvalue weighted by atomic mass is 32.1. The Kier molecular flexibility index (Phi) is 15.2. The maximum Gasteiger partial charge on any atom is 0.407 e. The number of likely N-dealkylation sites (tertiary alicyclic amines) is 1. The molecule has 5 atom stereocenters. The molecule has 0 spiro atoms. The molecule has 1 aliphatic heterocycles. The Morgan fingerprint density at radius 1 is 1.00 bits per heavy atom. The molecule has 5 amide bonds. The fourth-order valence-corrected chi connectivity index (χ4v) is 7.29. The number of alkyl carbamates (subject to hydrolysis) is 1. The van der Waals surface area contributed by atoms with Gasteiger partial charge in [-0.25, -0.2) is 9.78 Å². The van der Waals surface area contributed by atoms with Crippen LogP contribution in [0.2, 0.25) is 0 Å². The number of nitrogens with two attached hydrogens (primary N) is 1.